The van der Waals surface area contributed by atoms with Crippen LogP contribution in [0, 0.1) is 6.92 Å². The minimum Gasteiger partial charge on any atom is -0.364 e. The second-order valence-corrected chi connectivity index (χ2v) is 6.54. The van der Waals surface area contributed by atoms with E-state index in [1.54, 1.807) is 4.90 Å². The van der Waals surface area contributed by atoms with E-state index in [2.05, 4.69) is 22.2 Å². The number of likely N-dealkylation sites (N-methyl/N-ethyl adjacent to an activating group) is 1. The van der Waals surface area contributed by atoms with Crippen LogP contribution in [0.3, 0.4) is 0 Å². The van der Waals surface area contributed by atoms with Gasteiger partial charge in [0.25, 0.3) is 0 Å². The predicted molar refractivity (Wildman–Crippen MR) is 95.1 cm³/mol. The van der Waals surface area contributed by atoms with E-state index in [0.29, 0.717) is 11.4 Å². The standard InChI is InChI=1S/C18H21ClN4O/c1-4-14-9-16(21-11(2)20-14)22-15-10-17(24)23(3)18(15)12-5-7-13(19)8-6-12/h5-9,15,18H,4,10H2,1-3H3,(H,20,21,22). The third kappa shape index (κ3) is 3.36. The highest BCUT2D eigenvalue weighted by molar-refractivity contribution is 6.30. The van der Waals surface area contributed by atoms with Gasteiger partial charge in [0, 0.05) is 30.3 Å². The van der Waals surface area contributed by atoms with Crippen LogP contribution in [-0.2, 0) is 11.2 Å². The normalized spacial score (nSPS) is 20.5. The molecule has 1 N–H and O–H groups in total. The maximum Gasteiger partial charge on any atom is 0.225 e. The maximum atomic E-state index is 12.2. The van der Waals surface area contributed by atoms with Crippen LogP contribution in [0.2, 0.25) is 5.02 Å². The van der Waals surface area contributed by atoms with E-state index in [9.17, 15) is 4.79 Å². The van der Waals surface area contributed by atoms with Crippen LogP contribution in [0.15, 0.2) is 30.3 Å². The highest BCUT2D eigenvalue weighted by atomic mass is 35.5. The summed E-state index contributed by atoms with van der Waals surface area (Å²) < 4.78 is 0. The lowest BCUT2D eigenvalue weighted by Gasteiger charge is -2.26. The quantitative estimate of drug-likeness (QED) is 0.923. The monoisotopic (exact) mass is 344 g/mol. The second kappa shape index (κ2) is 6.77. The van der Waals surface area contributed by atoms with Crippen LogP contribution in [0.1, 0.15) is 36.5 Å². The molecular weight excluding hydrogens is 324 g/mol. The highest BCUT2D eigenvalue weighted by Crippen LogP contribution is 2.34. The molecule has 0 spiro atoms. The van der Waals surface area contributed by atoms with Gasteiger partial charge < -0.3 is 10.2 Å². The SMILES string of the molecule is CCc1cc(NC2CC(=O)N(C)C2c2ccc(Cl)cc2)nc(C)n1. The molecule has 1 saturated heterocycles. The van der Waals surface area contributed by atoms with Gasteiger partial charge in [0.1, 0.15) is 11.6 Å². The summed E-state index contributed by atoms with van der Waals surface area (Å²) in [6.45, 7) is 3.95. The molecule has 1 aromatic carbocycles. The Balaban J connectivity index is 1.89. The van der Waals surface area contributed by atoms with E-state index < -0.39 is 0 Å². The molecule has 2 unspecified atom stereocenters. The van der Waals surface area contributed by atoms with Crippen molar-refractivity contribution in [2.24, 2.45) is 0 Å². The summed E-state index contributed by atoms with van der Waals surface area (Å²) in [5.41, 5.74) is 2.05. The number of carbonyl (C=O) groups is 1. The number of halogens is 1. The Morgan fingerprint density at radius 3 is 2.67 bits per heavy atom. The van der Waals surface area contributed by atoms with E-state index in [-0.39, 0.29) is 18.0 Å². The number of rotatable bonds is 4. The third-order valence-electron chi connectivity index (χ3n) is 4.38. The molecule has 1 fully saturated rings. The van der Waals surface area contributed by atoms with Gasteiger partial charge in [-0.25, -0.2) is 9.97 Å². The number of aromatic nitrogens is 2. The maximum absolute atomic E-state index is 12.2. The van der Waals surface area contributed by atoms with Crippen molar-refractivity contribution in [3.8, 4) is 0 Å². The van der Waals surface area contributed by atoms with Crippen LogP contribution >= 0.6 is 11.6 Å². The van der Waals surface area contributed by atoms with Gasteiger partial charge in [-0.2, -0.15) is 0 Å². The molecule has 0 aliphatic carbocycles. The van der Waals surface area contributed by atoms with Gasteiger partial charge in [-0.05, 0) is 31.0 Å². The first-order valence-corrected chi connectivity index (χ1v) is 8.48. The molecular formula is C18H21ClN4O. The van der Waals surface area contributed by atoms with Gasteiger partial charge in [0.05, 0.1) is 12.1 Å². The summed E-state index contributed by atoms with van der Waals surface area (Å²) in [6.07, 6.45) is 1.29. The zero-order valence-corrected chi connectivity index (χ0v) is 14.8. The van der Waals surface area contributed by atoms with Gasteiger partial charge in [-0.1, -0.05) is 30.7 Å². The Kier molecular flexibility index (Phi) is 4.71. The third-order valence-corrected chi connectivity index (χ3v) is 4.64. The summed E-state index contributed by atoms with van der Waals surface area (Å²) in [6, 6.07) is 9.52. The van der Waals surface area contributed by atoms with Crippen molar-refractivity contribution in [1.82, 2.24) is 14.9 Å². The van der Waals surface area contributed by atoms with Crippen molar-refractivity contribution < 1.29 is 4.79 Å². The first-order chi connectivity index (χ1) is 11.5. The molecule has 3 rings (SSSR count). The number of hydrogen-bond acceptors (Lipinski definition) is 4. The number of aryl methyl sites for hydroxylation is 2. The van der Waals surface area contributed by atoms with Gasteiger partial charge in [0.15, 0.2) is 0 Å². The van der Waals surface area contributed by atoms with Gasteiger partial charge >= 0.3 is 0 Å². The lowest BCUT2D eigenvalue weighted by Crippen LogP contribution is -2.30. The lowest BCUT2D eigenvalue weighted by molar-refractivity contribution is -0.127. The fraction of sp³-hybridized carbons (Fsp3) is 0.389. The molecule has 0 bridgehead atoms. The van der Waals surface area contributed by atoms with E-state index >= 15 is 0 Å². The Morgan fingerprint density at radius 2 is 2.00 bits per heavy atom. The number of nitrogens with one attached hydrogen (secondary N) is 1. The Labute approximate surface area is 147 Å². The van der Waals surface area contributed by atoms with Crippen molar-refractivity contribution in [2.45, 2.75) is 38.8 Å². The summed E-state index contributed by atoms with van der Waals surface area (Å²) in [7, 11) is 1.84. The molecule has 2 atom stereocenters. The Bertz CT molecular complexity index is 747. The van der Waals surface area contributed by atoms with Crippen molar-refractivity contribution >= 4 is 23.3 Å². The molecule has 2 aromatic rings. The summed E-state index contributed by atoms with van der Waals surface area (Å²) in [5, 5.41) is 4.12. The minimum absolute atomic E-state index is 0.0392. The van der Waals surface area contributed by atoms with Crippen LogP contribution in [0.4, 0.5) is 5.82 Å². The predicted octanol–water partition coefficient (Wildman–Crippen LogP) is 3.38. The Morgan fingerprint density at radius 1 is 1.29 bits per heavy atom. The summed E-state index contributed by atoms with van der Waals surface area (Å²) >= 11 is 5.99. The summed E-state index contributed by atoms with van der Waals surface area (Å²) in [5.74, 6) is 1.62. The van der Waals surface area contributed by atoms with Crippen LogP contribution in [0.5, 0.6) is 0 Å². The molecule has 0 radical (unpaired) electrons. The molecule has 2 heterocycles. The second-order valence-electron chi connectivity index (χ2n) is 6.10. The average molecular weight is 345 g/mol. The molecule has 1 amide bonds. The molecule has 24 heavy (non-hydrogen) atoms. The van der Waals surface area contributed by atoms with E-state index in [1.807, 2.05) is 44.3 Å². The molecule has 1 aliphatic heterocycles. The molecule has 126 valence electrons. The van der Waals surface area contributed by atoms with Gasteiger partial charge in [0.2, 0.25) is 5.91 Å². The molecule has 1 aliphatic rings. The fourth-order valence-electron chi connectivity index (χ4n) is 3.19. The van der Waals surface area contributed by atoms with Crippen molar-refractivity contribution in [3.63, 3.8) is 0 Å². The lowest BCUT2D eigenvalue weighted by atomic mass is 10.00. The number of amides is 1. The van der Waals surface area contributed by atoms with E-state index in [0.717, 1.165) is 29.3 Å². The largest absolute Gasteiger partial charge is 0.364 e. The van der Waals surface area contributed by atoms with Gasteiger partial charge in [-0.3, -0.25) is 4.79 Å². The molecule has 5 nitrogen and oxygen atoms in total. The van der Waals surface area contributed by atoms with Gasteiger partial charge in [-0.15, -0.1) is 0 Å². The highest BCUT2D eigenvalue weighted by Gasteiger charge is 2.38. The number of benzene rings is 1. The van der Waals surface area contributed by atoms with Crippen LogP contribution in [0.25, 0.3) is 0 Å². The zero-order chi connectivity index (χ0) is 17.3. The van der Waals surface area contributed by atoms with Crippen molar-refractivity contribution in [2.75, 3.05) is 12.4 Å². The summed E-state index contributed by atoms with van der Waals surface area (Å²) in [4.78, 5) is 22.9. The van der Waals surface area contributed by atoms with Crippen molar-refractivity contribution in [1.29, 1.82) is 0 Å². The first kappa shape index (κ1) is 16.7. The molecule has 0 saturated carbocycles. The van der Waals surface area contributed by atoms with Crippen molar-refractivity contribution in [3.05, 3.63) is 52.4 Å². The number of anilines is 1. The average Bonchev–Trinajstić information content (AvgIpc) is 2.82. The van der Waals surface area contributed by atoms with Crippen LogP contribution in [-0.4, -0.2) is 33.9 Å². The first-order valence-electron chi connectivity index (χ1n) is 8.10. The smallest absolute Gasteiger partial charge is 0.225 e. The minimum atomic E-state index is -0.0462. The molecule has 6 heteroatoms. The topological polar surface area (TPSA) is 58.1 Å². The number of nitrogens with zero attached hydrogens (tertiary/aromatic N) is 3. The van der Waals surface area contributed by atoms with E-state index in [4.69, 9.17) is 11.6 Å². The number of carbonyl (C=O) groups excluding carboxylic acids is 1. The number of likely N-dealkylation sites (tertiary alicyclic amines) is 1. The molecule has 1 aromatic heterocycles. The fourth-order valence-corrected chi connectivity index (χ4v) is 3.32. The Hall–Kier alpha value is -2.14. The number of hydrogen-bond donors (Lipinski definition) is 1. The van der Waals surface area contributed by atoms with Crippen LogP contribution < -0.4 is 5.32 Å². The zero-order valence-electron chi connectivity index (χ0n) is 14.1. The van der Waals surface area contributed by atoms with E-state index in [1.165, 1.54) is 0 Å².